The molecule has 0 spiro atoms. The van der Waals surface area contributed by atoms with E-state index >= 15 is 0 Å². The largest absolute Gasteiger partial charge is 3.00 e. The van der Waals surface area contributed by atoms with E-state index in [4.69, 9.17) is 0 Å². The quantitative estimate of drug-likeness (QED) is 0.371. The molecule has 0 aliphatic rings. The van der Waals surface area contributed by atoms with E-state index < -0.39 is 5.97 Å². The molecule has 0 saturated heterocycles. The monoisotopic (exact) mass is 254 g/mol. The molecule has 2 nitrogen and oxygen atoms in total. The normalized spacial score (nSPS) is 6.64. The van der Waals surface area contributed by atoms with Crippen LogP contribution in [0, 0.1) is 0 Å². The second-order valence-corrected chi connectivity index (χ2v) is 1.83. The molecule has 0 saturated carbocycles. The van der Waals surface area contributed by atoms with Crippen LogP contribution in [0.15, 0.2) is 0 Å². The number of carbonyl (C=O) groups excluding carboxylic acids is 1. The summed E-state index contributed by atoms with van der Waals surface area (Å²) in [6.07, 6.45) is 3.04. The zero-order valence-electron chi connectivity index (χ0n) is 6.48. The van der Waals surface area contributed by atoms with Crippen molar-refractivity contribution in [3.8, 4) is 0 Å². The minimum absolute atomic E-state index is 0. The first-order valence-corrected chi connectivity index (χ1v) is 2.97. The first-order chi connectivity index (χ1) is 3.77. The van der Waals surface area contributed by atoms with Gasteiger partial charge in [-0.1, -0.05) is 19.8 Å². The predicted octanol–water partition coefficient (Wildman–Crippen LogP) is -6.06. The summed E-state index contributed by atoms with van der Waals surface area (Å²) >= 11 is 0. The van der Waals surface area contributed by atoms with Gasteiger partial charge in [-0.3, -0.25) is 0 Å². The number of rotatable bonds is 4. The first kappa shape index (κ1) is 22.6. The zero-order chi connectivity index (χ0) is 6.41. The van der Waals surface area contributed by atoms with Crippen LogP contribution in [0.4, 0.5) is 0 Å². The van der Waals surface area contributed by atoms with Gasteiger partial charge >= 0.3 is 19.8 Å². The van der Waals surface area contributed by atoms with Gasteiger partial charge in [-0.25, -0.2) is 0 Å². The molecule has 0 rings (SSSR count). The predicted molar refractivity (Wildman–Crippen MR) is 34.9 cm³/mol. The molecule has 11 heavy (non-hydrogen) atoms. The standard InChI is InChI=1S/C6H12O2.2ClH.Ga/c1-2-3-4-5-6(7)8;;;/h2-5H2,1H3,(H,7,8);2*1H;/q;;;+3/p-3. The number of carboxylic acids is 1. The Labute approximate surface area is 93.0 Å². The van der Waals surface area contributed by atoms with Gasteiger partial charge in [0.25, 0.3) is 0 Å². The fourth-order valence-corrected chi connectivity index (χ4v) is 0.519. The van der Waals surface area contributed by atoms with Crippen molar-refractivity contribution < 1.29 is 34.7 Å². The fraction of sp³-hybridized carbons (Fsp3) is 0.833. The van der Waals surface area contributed by atoms with Crippen molar-refractivity contribution >= 4 is 25.8 Å². The Morgan fingerprint density at radius 1 is 1.27 bits per heavy atom. The molecular weight excluding hydrogens is 245 g/mol. The summed E-state index contributed by atoms with van der Waals surface area (Å²) in [6.45, 7) is 2.04. The SMILES string of the molecule is CCCCCC(=O)[O-].[Cl-].[Cl-].[Ga+3]. The molecule has 0 aliphatic heterocycles. The Hall–Kier alpha value is 0.686. The van der Waals surface area contributed by atoms with Gasteiger partial charge < -0.3 is 34.7 Å². The van der Waals surface area contributed by atoms with Crippen LogP contribution in [-0.2, 0) is 4.79 Å². The van der Waals surface area contributed by atoms with Crippen molar-refractivity contribution in [2.45, 2.75) is 32.6 Å². The van der Waals surface area contributed by atoms with Crippen LogP contribution in [0.25, 0.3) is 0 Å². The van der Waals surface area contributed by atoms with E-state index in [1.807, 2.05) is 6.92 Å². The van der Waals surface area contributed by atoms with Crippen LogP contribution in [0.2, 0.25) is 0 Å². The Kier molecular flexibility index (Phi) is 34.9. The summed E-state index contributed by atoms with van der Waals surface area (Å²) in [5, 5.41) is 9.76. The van der Waals surface area contributed by atoms with Gasteiger partial charge in [-0.15, -0.1) is 0 Å². The Morgan fingerprint density at radius 3 is 2.00 bits per heavy atom. The second kappa shape index (κ2) is 17.0. The van der Waals surface area contributed by atoms with Crippen molar-refractivity contribution in [2.24, 2.45) is 0 Å². The number of aliphatic carboxylic acids is 1. The van der Waals surface area contributed by atoms with Crippen LogP contribution < -0.4 is 29.9 Å². The molecule has 0 amide bonds. The van der Waals surface area contributed by atoms with E-state index in [9.17, 15) is 9.90 Å². The Bertz CT molecular complexity index is 81.0. The van der Waals surface area contributed by atoms with Crippen molar-refractivity contribution in [3.05, 3.63) is 0 Å². The van der Waals surface area contributed by atoms with E-state index in [1.54, 1.807) is 0 Å². The summed E-state index contributed by atoms with van der Waals surface area (Å²) in [5.74, 6) is -0.932. The molecule has 0 aromatic rings. The number of carbonyl (C=O) groups is 1. The fourth-order valence-electron chi connectivity index (χ4n) is 0.519. The second-order valence-electron chi connectivity index (χ2n) is 1.83. The minimum atomic E-state index is -0.932. The first-order valence-electron chi connectivity index (χ1n) is 2.97. The molecule has 5 heteroatoms. The molecule has 64 valence electrons. The molecule has 0 aromatic carbocycles. The minimum Gasteiger partial charge on any atom is -1.00 e. The average Bonchev–Trinajstić information content (AvgIpc) is 1.66. The number of hydrogen-bond acceptors (Lipinski definition) is 2. The van der Waals surface area contributed by atoms with Crippen LogP contribution in [-0.4, -0.2) is 25.8 Å². The maximum atomic E-state index is 9.76. The average molecular weight is 256 g/mol. The Balaban J connectivity index is -0.0000000817. The van der Waals surface area contributed by atoms with Crippen molar-refractivity contribution in [3.63, 3.8) is 0 Å². The summed E-state index contributed by atoms with van der Waals surface area (Å²) < 4.78 is 0. The van der Waals surface area contributed by atoms with Gasteiger partial charge in [-0.2, -0.15) is 0 Å². The molecule has 0 unspecified atom stereocenters. The molecule has 0 atom stereocenters. The zero-order valence-corrected chi connectivity index (χ0v) is 10.4. The van der Waals surface area contributed by atoms with E-state index in [-0.39, 0.29) is 51.0 Å². The summed E-state index contributed by atoms with van der Waals surface area (Å²) in [5.41, 5.74) is 0. The molecule has 0 aromatic heterocycles. The molecule has 0 heterocycles. The van der Waals surface area contributed by atoms with Gasteiger partial charge in [0.1, 0.15) is 0 Å². The van der Waals surface area contributed by atoms with Crippen LogP contribution in [0.3, 0.4) is 0 Å². The smallest absolute Gasteiger partial charge is 1.00 e. The number of carboxylic acid groups (broad SMARTS) is 1. The van der Waals surface area contributed by atoms with Gasteiger partial charge in [0.05, 0.1) is 0 Å². The molecule has 0 radical (unpaired) electrons. The van der Waals surface area contributed by atoms with E-state index in [2.05, 4.69) is 0 Å². The van der Waals surface area contributed by atoms with Gasteiger partial charge in [0.2, 0.25) is 0 Å². The third-order valence-electron chi connectivity index (χ3n) is 0.984. The number of halogens is 2. The van der Waals surface area contributed by atoms with E-state index in [0.717, 1.165) is 19.3 Å². The summed E-state index contributed by atoms with van der Waals surface area (Å²) in [6, 6.07) is 0. The summed E-state index contributed by atoms with van der Waals surface area (Å²) in [4.78, 5) is 9.76. The molecular formula is C6H11Cl2GaO2. The van der Waals surface area contributed by atoms with E-state index in [1.165, 1.54) is 0 Å². The third kappa shape index (κ3) is 24.9. The maximum absolute atomic E-state index is 9.76. The summed E-state index contributed by atoms with van der Waals surface area (Å²) in [7, 11) is 0. The molecule has 0 bridgehead atoms. The van der Waals surface area contributed by atoms with Crippen molar-refractivity contribution in [1.29, 1.82) is 0 Å². The van der Waals surface area contributed by atoms with Gasteiger partial charge in [0, 0.05) is 5.97 Å². The molecule has 0 aliphatic carbocycles. The van der Waals surface area contributed by atoms with Gasteiger partial charge in [-0.05, 0) is 12.8 Å². The van der Waals surface area contributed by atoms with Gasteiger partial charge in [0.15, 0.2) is 0 Å². The van der Waals surface area contributed by atoms with E-state index in [0.29, 0.717) is 0 Å². The van der Waals surface area contributed by atoms with Crippen LogP contribution in [0.1, 0.15) is 32.6 Å². The van der Waals surface area contributed by atoms with Crippen LogP contribution >= 0.6 is 0 Å². The Morgan fingerprint density at radius 2 is 1.73 bits per heavy atom. The van der Waals surface area contributed by atoms with Crippen LogP contribution in [0.5, 0.6) is 0 Å². The van der Waals surface area contributed by atoms with Crippen molar-refractivity contribution in [2.75, 3.05) is 0 Å². The topological polar surface area (TPSA) is 40.1 Å². The molecule has 0 fully saturated rings. The number of unbranched alkanes of at least 4 members (excludes halogenated alkanes) is 2. The maximum Gasteiger partial charge on any atom is 3.00 e. The number of hydrogen-bond donors (Lipinski definition) is 0. The van der Waals surface area contributed by atoms with Crippen molar-refractivity contribution in [1.82, 2.24) is 0 Å². The molecule has 0 N–H and O–H groups in total. The third-order valence-corrected chi connectivity index (χ3v) is 0.984.